The Balaban J connectivity index is 1.61. The summed E-state index contributed by atoms with van der Waals surface area (Å²) in [5, 5.41) is 12.2. The van der Waals surface area contributed by atoms with Gasteiger partial charge in [0.25, 0.3) is 0 Å². The molecule has 0 atom stereocenters. The van der Waals surface area contributed by atoms with E-state index in [1.54, 1.807) is 6.33 Å². The number of benzene rings is 1. The number of anilines is 1. The molecule has 26 heavy (non-hydrogen) atoms. The topological polar surface area (TPSA) is 78.4 Å². The van der Waals surface area contributed by atoms with Crippen LogP contribution in [0.4, 0.5) is 5.82 Å². The molecule has 6 heteroatoms. The van der Waals surface area contributed by atoms with Crippen LogP contribution in [0.1, 0.15) is 28.8 Å². The molecule has 2 N–H and O–H groups in total. The third-order valence-corrected chi connectivity index (χ3v) is 4.91. The zero-order valence-corrected chi connectivity index (χ0v) is 15.2. The van der Waals surface area contributed by atoms with Crippen molar-refractivity contribution in [3.05, 3.63) is 53.0 Å². The van der Waals surface area contributed by atoms with Crippen molar-refractivity contribution in [3.8, 4) is 0 Å². The molecule has 0 radical (unpaired) electrons. The van der Waals surface area contributed by atoms with E-state index in [1.807, 2.05) is 17.0 Å². The van der Waals surface area contributed by atoms with Gasteiger partial charge >= 0.3 is 0 Å². The van der Waals surface area contributed by atoms with E-state index >= 15 is 0 Å². The van der Waals surface area contributed by atoms with Gasteiger partial charge in [0.2, 0.25) is 5.91 Å². The summed E-state index contributed by atoms with van der Waals surface area (Å²) in [6, 6.07) is 8.22. The van der Waals surface area contributed by atoms with Gasteiger partial charge in [0.05, 0.1) is 12.3 Å². The maximum atomic E-state index is 12.7. The van der Waals surface area contributed by atoms with Crippen molar-refractivity contribution in [2.75, 3.05) is 31.6 Å². The lowest BCUT2D eigenvalue weighted by atomic mass is 10.0. The van der Waals surface area contributed by atoms with Crippen LogP contribution in [0.3, 0.4) is 0 Å². The van der Waals surface area contributed by atoms with Crippen LogP contribution in [-0.2, 0) is 24.1 Å². The molecule has 138 valence electrons. The summed E-state index contributed by atoms with van der Waals surface area (Å²) in [6.45, 7) is 3.98. The molecule has 6 nitrogen and oxygen atoms in total. The number of fused-ring (bicyclic) bond motifs is 1. The maximum absolute atomic E-state index is 12.7. The highest BCUT2D eigenvalue weighted by Gasteiger charge is 2.21. The van der Waals surface area contributed by atoms with Crippen LogP contribution in [0.25, 0.3) is 0 Å². The number of nitrogens with one attached hydrogen (secondary N) is 1. The first kappa shape index (κ1) is 18.3. The van der Waals surface area contributed by atoms with Crippen molar-refractivity contribution in [3.63, 3.8) is 0 Å². The second-order valence-electron chi connectivity index (χ2n) is 6.61. The van der Waals surface area contributed by atoms with E-state index in [0.29, 0.717) is 26.1 Å². The van der Waals surface area contributed by atoms with Gasteiger partial charge in [-0.2, -0.15) is 0 Å². The smallest absolute Gasteiger partial charge is 0.222 e. The number of rotatable bonds is 6. The van der Waals surface area contributed by atoms with Crippen molar-refractivity contribution >= 4 is 11.7 Å². The molecular formula is C20H26N4O2. The standard InChI is InChI=1S/C20H26N4O2/c1-15-4-2-3-5-16(15)6-7-19(26)24-11-8-17-18(9-12-24)22-14-23-20(17)21-10-13-25/h2-5,14,25H,6-13H2,1H3,(H,21,22,23). The minimum absolute atomic E-state index is 0.0578. The summed E-state index contributed by atoms with van der Waals surface area (Å²) in [7, 11) is 0. The molecule has 0 saturated heterocycles. The lowest BCUT2D eigenvalue weighted by molar-refractivity contribution is -0.131. The predicted molar refractivity (Wildman–Crippen MR) is 101 cm³/mol. The van der Waals surface area contributed by atoms with E-state index in [2.05, 4.69) is 34.3 Å². The van der Waals surface area contributed by atoms with E-state index in [0.717, 1.165) is 36.3 Å². The number of aryl methyl sites for hydroxylation is 2. The first-order chi connectivity index (χ1) is 12.7. The lowest BCUT2D eigenvalue weighted by Crippen LogP contribution is -2.33. The number of aromatic nitrogens is 2. The molecule has 3 rings (SSSR count). The van der Waals surface area contributed by atoms with Gasteiger partial charge in [-0.3, -0.25) is 4.79 Å². The first-order valence-electron chi connectivity index (χ1n) is 9.19. The number of aliphatic hydroxyl groups excluding tert-OH is 1. The van der Waals surface area contributed by atoms with Crippen molar-refractivity contribution in [1.29, 1.82) is 0 Å². The Kier molecular flexibility index (Phi) is 6.17. The van der Waals surface area contributed by atoms with Crippen LogP contribution in [0.2, 0.25) is 0 Å². The zero-order chi connectivity index (χ0) is 18.4. The SMILES string of the molecule is Cc1ccccc1CCC(=O)N1CCc2ncnc(NCCO)c2CC1. The molecule has 1 aromatic carbocycles. The Morgan fingerprint density at radius 3 is 2.85 bits per heavy atom. The highest BCUT2D eigenvalue weighted by Crippen LogP contribution is 2.21. The maximum Gasteiger partial charge on any atom is 0.222 e. The highest BCUT2D eigenvalue weighted by molar-refractivity contribution is 5.76. The quantitative estimate of drug-likeness (QED) is 0.826. The Labute approximate surface area is 154 Å². The van der Waals surface area contributed by atoms with Crippen molar-refractivity contribution in [1.82, 2.24) is 14.9 Å². The molecule has 0 spiro atoms. The van der Waals surface area contributed by atoms with Gasteiger partial charge in [-0.25, -0.2) is 9.97 Å². The van der Waals surface area contributed by atoms with Crippen LogP contribution < -0.4 is 5.32 Å². The van der Waals surface area contributed by atoms with E-state index in [4.69, 9.17) is 5.11 Å². The third kappa shape index (κ3) is 4.38. The van der Waals surface area contributed by atoms with Crippen LogP contribution in [0.15, 0.2) is 30.6 Å². The molecule has 1 aliphatic heterocycles. The van der Waals surface area contributed by atoms with Gasteiger partial charge in [0.15, 0.2) is 0 Å². The fourth-order valence-corrected chi connectivity index (χ4v) is 3.39. The number of aliphatic hydroxyl groups is 1. The van der Waals surface area contributed by atoms with Crippen molar-refractivity contribution in [2.24, 2.45) is 0 Å². The Morgan fingerprint density at radius 2 is 2.04 bits per heavy atom. The normalized spacial score (nSPS) is 13.8. The number of carbonyl (C=O) groups excluding carboxylic acids is 1. The monoisotopic (exact) mass is 354 g/mol. The van der Waals surface area contributed by atoms with Crippen LogP contribution in [-0.4, -0.2) is 52.1 Å². The molecule has 1 aromatic heterocycles. The fraction of sp³-hybridized carbons (Fsp3) is 0.450. The van der Waals surface area contributed by atoms with Crippen molar-refractivity contribution < 1.29 is 9.90 Å². The van der Waals surface area contributed by atoms with Gasteiger partial charge in [-0.1, -0.05) is 24.3 Å². The average molecular weight is 354 g/mol. The van der Waals surface area contributed by atoms with E-state index in [1.165, 1.54) is 11.1 Å². The fourth-order valence-electron chi connectivity index (χ4n) is 3.39. The van der Waals surface area contributed by atoms with Crippen LogP contribution in [0, 0.1) is 6.92 Å². The molecular weight excluding hydrogens is 328 g/mol. The first-order valence-corrected chi connectivity index (χ1v) is 9.19. The molecule has 2 aromatic rings. The minimum Gasteiger partial charge on any atom is -0.395 e. The summed E-state index contributed by atoms with van der Waals surface area (Å²) in [5.74, 6) is 0.970. The molecule has 2 heterocycles. The number of carbonyl (C=O) groups is 1. The van der Waals surface area contributed by atoms with Gasteiger partial charge in [0, 0.05) is 38.0 Å². The second-order valence-corrected chi connectivity index (χ2v) is 6.61. The Bertz CT molecular complexity index is 763. The molecule has 0 saturated carbocycles. The van der Waals surface area contributed by atoms with Crippen LogP contribution >= 0.6 is 0 Å². The zero-order valence-electron chi connectivity index (χ0n) is 15.2. The van der Waals surface area contributed by atoms with E-state index in [-0.39, 0.29) is 12.5 Å². The average Bonchev–Trinajstić information content (AvgIpc) is 2.88. The molecule has 0 bridgehead atoms. The number of nitrogens with zero attached hydrogens (tertiary/aromatic N) is 3. The summed E-state index contributed by atoms with van der Waals surface area (Å²) in [4.78, 5) is 23.3. The van der Waals surface area contributed by atoms with Gasteiger partial charge in [0.1, 0.15) is 12.1 Å². The molecule has 1 amide bonds. The summed E-state index contributed by atoms with van der Waals surface area (Å²) in [6.07, 6.45) is 4.33. The second kappa shape index (κ2) is 8.76. The van der Waals surface area contributed by atoms with Crippen molar-refractivity contribution in [2.45, 2.75) is 32.6 Å². The molecule has 0 aliphatic carbocycles. The van der Waals surface area contributed by atoms with E-state index < -0.39 is 0 Å². The van der Waals surface area contributed by atoms with Gasteiger partial charge in [-0.05, 0) is 30.9 Å². The summed E-state index contributed by atoms with van der Waals surface area (Å²) >= 11 is 0. The number of amides is 1. The molecule has 0 fully saturated rings. The number of hydrogen-bond donors (Lipinski definition) is 2. The lowest BCUT2D eigenvalue weighted by Gasteiger charge is -2.20. The number of hydrogen-bond acceptors (Lipinski definition) is 5. The Hall–Kier alpha value is -2.47. The third-order valence-electron chi connectivity index (χ3n) is 4.91. The minimum atomic E-state index is 0.0578. The van der Waals surface area contributed by atoms with E-state index in [9.17, 15) is 4.79 Å². The predicted octanol–water partition coefficient (Wildman–Crippen LogP) is 1.75. The highest BCUT2D eigenvalue weighted by atomic mass is 16.3. The summed E-state index contributed by atoms with van der Waals surface area (Å²) < 4.78 is 0. The van der Waals surface area contributed by atoms with Gasteiger partial charge < -0.3 is 15.3 Å². The molecule has 0 unspecified atom stereocenters. The molecule has 1 aliphatic rings. The largest absolute Gasteiger partial charge is 0.395 e. The van der Waals surface area contributed by atoms with Crippen LogP contribution in [0.5, 0.6) is 0 Å². The Morgan fingerprint density at radius 1 is 1.23 bits per heavy atom. The summed E-state index contributed by atoms with van der Waals surface area (Å²) in [5.41, 5.74) is 4.53. The van der Waals surface area contributed by atoms with Gasteiger partial charge in [-0.15, -0.1) is 0 Å².